The van der Waals surface area contributed by atoms with Crippen molar-refractivity contribution in [3.05, 3.63) is 120 Å². The zero-order chi connectivity index (χ0) is 27.6. The average molecular weight is 529 g/mol. The number of fused-ring (bicyclic) bond motifs is 1. The Kier molecular flexibility index (Phi) is 7.01. The van der Waals surface area contributed by atoms with E-state index in [0.29, 0.717) is 18.7 Å². The van der Waals surface area contributed by atoms with Gasteiger partial charge in [-0.25, -0.2) is 4.98 Å². The van der Waals surface area contributed by atoms with Crippen molar-refractivity contribution in [3.63, 3.8) is 0 Å². The van der Waals surface area contributed by atoms with Gasteiger partial charge < -0.3 is 9.30 Å². The molecule has 1 fully saturated rings. The minimum Gasteiger partial charge on any atom is -0.336 e. The Hall–Kier alpha value is -4.55. The van der Waals surface area contributed by atoms with Crippen LogP contribution in [0.5, 0.6) is 0 Å². The molecule has 6 rings (SSSR count). The first-order valence-corrected chi connectivity index (χ1v) is 13.7. The summed E-state index contributed by atoms with van der Waals surface area (Å²) >= 11 is 0. The highest BCUT2D eigenvalue weighted by Gasteiger charge is 2.24. The number of hydrogen-bond donors (Lipinski definition) is 0. The number of rotatable bonds is 6. The first-order valence-electron chi connectivity index (χ1n) is 13.7. The fraction of sp³-hybridized carbons (Fsp3) is 0.206. The molecule has 3 aromatic carbocycles. The fourth-order valence-electron chi connectivity index (χ4n) is 5.34. The molecule has 0 saturated carbocycles. The van der Waals surface area contributed by atoms with E-state index in [0.717, 1.165) is 64.5 Å². The Balaban J connectivity index is 1.28. The van der Waals surface area contributed by atoms with E-state index < -0.39 is 0 Å². The SMILES string of the molecule is CC(=O)c1ccc(-c2ccc3nc(-c4ccccc4)c(CN4CCN(C(=O)c5ccc(C)cc5)CC4)n3c2)cc1. The van der Waals surface area contributed by atoms with Crippen LogP contribution >= 0.6 is 0 Å². The Labute approximate surface area is 234 Å². The normalized spacial score (nSPS) is 14.0. The topological polar surface area (TPSA) is 57.9 Å². The maximum atomic E-state index is 13.1. The van der Waals surface area contributed by atoms with Gasteiger partial charge in [0.05, 0.1) is 11.4 Å². The summed E-state index contributed by atoms with van der Waals surface area (Å²) in [5.41, 5.74) is 8.80. The lowest BCUT2D eigenvalue weighted by molar-refractivity contribution is 0.0626. The molecular formula is C34H32N4O2. The average Bonchev–Trinajstić information content (AvgIpc) is 3.35. The molecule has 5 aromatic rings. The van der Waals surface area contributed by atoms with E-state index in [4.69, 9.17) is 4.98 Å². The van der Waals surface area contributed by atoms with Crippen molar-refractivity contribution in [2.24, 2.45) is 0 Å². The van der Waals surface area contributed by atoms with Gasteiger partial charge in [-0.2, -0.15) is 0 Å². The van der Waals surface area contributed by atoms with E-state index in [1.807, 2.05) is 78.6 Å². The van der Waals surface area contributed by atoms with Crippen LogP contribution in [0.15, 0.2) is 97.2 Å². The van der Waals surface area contributed by atoms with E-state index in [-0.39, 0.29) is 11.7 Å². The second-order valence-electron chi connectivity index (χ2n) is 10.5. The molecule has 2 aromatic heterocycles. The zero-order valence-electron chi connectivity index (χ0n) is 22.9. The molecule has 6 heteroatoms. The fourth-order valence-corrected chi connectivity index (χ4v) is 5.34. The van der Waals surface area contributed by atoms with E-state index in [1.165, 1.54) is 0 Å². The number of imidazole rings is 1. The smallest absolute Gasteiger partial charge is 0.253 e. The number of aryl methyl sites for hydroxylation is 1. The molecule has 0 unspecified atom stereocenters. The Morgan fingerprint density at radius 2 is 1.38 bits per heavy atom. The standard InChI is InChI=1S/C34H32N4O2/c1-24-8-10-29(11-9-24)34(40)37-20-18-36(19-21-37)23-31-33(28-6-4-3-5-7-28)35-32-17-16-30(22-38(31)32)27-14-12-26(13-15-27)25(2)39/h3-17,22H,18-21,23H2,1-2H3. The quantitative estimate of drug-likeness (QED) is 0.249. The van der Waals surface area contributed by atoms with Crippen molar-refractivity contribution in [2.75, 3.05) is 26.2 Å². The molecule has 200 valence electrons. The number of nitrogens with zero attached hydrogens (tertiary/aromatic N) is 4. The molecule has 0 radical (unpaired) electrons. The van der Waals surface area contributed by atoms with Crippen molar-refractivity contribution in [3.8, 4) is 22.4 Å². The predicted octanol–water partition coefficient (Wildman–Crippen LogP) is 6.14. The lowest BCUT2D eigenvalue weighted by Crippen LogP contribution is -2.48. The van der Waals surface area contributed by atoms with Crippen LogP contribution in [0.2, 0.25) is 0 Å². The van der Waals surface area contributed by atoms with Gasteiger partial charge >= 0.3 is 0 Å². The molecule has 3 heterocycles. The van der Waals surface area contributed by atoms with Crippen LogP contribution in [0.1, 0.15) is 38.9 Å². The van der Waals surface area contributed by atoms with Crippen LogP contribution in [0, 0.1) is 6.92 Å². The Bertz CT molecular complexity index is 1660. The molecule has 0 bridgehead atoms. The maximum Gasteiger partial charge on any atom is 0.253 e. The number of piperazine rings is 1. The molecule has 1 saturated heterocycles. The van der Waals surface area contributed by atoms with E-state index in [9.17, 15) is 9.59 Å². The Morgan fingerprint density at radius 3 is 2.05 bits per heavy atom. The second kappa shape index (κ2) is 10.9. The third-order valence-electron chi connectivity index (χ3n) is 7.72. The van der Waals surface area contributed by atoms with Crippen LogP contribution in [-0.2, 0) is 6.54 Å². The molecule has 1 aliphatic rings. The lowest BCUT2D eigenvalue weighted by Gasteiger charge is -2.34. The number of ketones is 1. The van der Waals surface area contributed by atoms with Gasteiger partial charge in [0.1, 0.15) is 5.65 Å². The Morgan fingerprint density at radius 1 is 0.725 bits per heavy atom. The first-order chi connectivity index (χ1) is 19.5. The van der Waals surface area contributed by atoms with Gasteiger partial charge in [-0.3, -0.25) is 14.5 Å². The van der Waals surface area contributed by atoms with Crippen LogP contribution in [-0.4, -0.2) is 57.1 Å². The zero-order valence-corrected chi connectivity index (χ0v) is 22.9. The van der Waals surface area contributed by atoms with Crippen molar-refractivity contribution in [1.82, 2.24) is 19.2 Å². The molecule has 0 atom stereocenters. The third-order valence-corrected chi connectivity index (χ3v) is 7.72. The number of pyridine rings is 1. The molecule has 0 spiro atoms. The van der Waals surface area contributed by atoms with Crippen LogP contribution in [0.3, 0.4) is 0 Å². The van der Waals surface area contributed by atoms with Gasteiger partial charge in [0.25, 0.3) is 5.91 Å². The van der Waals surface area contributed by atoms with Crippen molar-refractivity contribution in [1.29, 1.82) is 0 Å². The van der Waals surface area contributed by atoms with E-state index in [2.05, 4.69) is 39.8 Å². The largest absolute Gasteiger partial charge is 0.336 e. The van der Waals surface area contributed by atoms with Gasteiger partial charge in [0, 0.05) is 55.6 Å². The van der Waals surface area contributed by atoms with Gasteiger partial charge in [0.2, 0.25) is 0 Å². The highest BCUT2D eigenvalue weighted by molar-refractivity contribution is 5.95. The molecule has 1 aliphatic heterocycles. The van der Waals surface area contributed by atoms with Crippen molar-refractivity contribution >= 4 is 17.3 Å². The summed E-state index contributed by atoms with van der Waals surface area (Å²) in [5.74, 6) is 0.159. The summed E-state index contributed by atoms with van der Waals surface area (Å²) in [5, 5.41) is 0. The summed E-state index contributed by atoms with van der Waals surface area (Å²) in [6, 6.07) is 30.0. The maximum absolute atomic E-state index is 13.1. The molecule has 6 nitrogen and oxygen atoms in total. The highest BCUT2D eigenvalue weighted by Crippen LogP contribution is 2.29. The summed E-state index contributed by atoms with van der Waals surface area (Å²) in [4.78, 5) is 34.2. The monoisotopic (exact) mass is 528 g/mol. The molecule has 1 amide bonds. The van der Waals surface area contributed by atoms with Crippen molar-refractivity contribution in [2.45, 2.75) is 20.4 Å². The van der Waals surface area contributed by atoms with Gasteiger partial charge in [-0.1, -0.05) is 72.3 Å². The number of carbonyl (C=O) groups is 2. The summed E-state index contributed by atoms with van der Waals surface area (Å²) in [7, 11) is 0. The highest BCUT2D eigenvalue weighted by atomic mass is 16.2. The summed E-state index contributed by atoms with van der Waals surface area (Å²) in [6.45, 7) is 7.32. The van der Waals surface area contributed by atoms with Gasteiger partial charge in [-0.15, -0.1) is 0 Å². The third kappa shape index (κ3) is 5.18. The summed E-state index contributed by atoms with van der Waals surface area (Å²) < 4.78 is 2.19. The lowest BCUT2D eigenvalue weighted by atomic mass is 10.0. The molecule has 40 heavy (non-hydrogen) atoms. The first kappa shape index (κ1) is 25.7. The molecule has 0 N–H and O–H groups in total. The summed E-state index contributed by atoms with van der Waals surface area (Å²) in [6.07, 6.45) is 2.14. The number of carbonyl (C=O) groups excluding carboxylic acids is 2. The molecular weight excluding hydrogens is 496 g/mol. The number of Topliss-reactive ketones (excluding diaryl/α,β-unsaturated/α-hetero) is 1. The van der Waals surface area contributed by atoms with Crippen molar-refractivity contribution < 1.29 is 9.59 Å². The minimum absolute atomic E-state index is 0.0621. The van der Waals surface area contributed by atoms with Crippen LogP contribution in [0.4, 0.5) is 0 Å². The van der Waals surface area contributed by atoms with Gasteiger partial charge in [0.15, 0.2) is 5.78 Å². The number of amides is 1. The predicted molar refractivity (Wildman–Crippen MR) is 158 cm³/mol. The molecule has 0 aliphatic carbocycles. The number of hydrogen-bond acceptors (Lipinski definition) is 4. The second-order valence-corrected chi connectivity index (χ2v) is 10.5. The van der Waals surface area contributed by atoms with Gasteiger partial charge in [-0.05, 0) is 49.2 Å². The van der Waals surface area contributed by atoms with E-state index in [1.54, 1.807) is 6.92 Å². The van der Waals surface area contributed by atoms with Crippen LogP contribution < -0.4 is 0 Å². The van der Waals surface area contributed by atoms with E-state index >= 15 is 0 Å². The minimum atomic E-state index is 0.0621. The van der Waals surface area contributed by atoms with Crippen LogP contribution in [0.25, 0.3) is 28.0 Å². The number of benzene rings is 3. The number of aromatic nitrogens is 2.